The van der Waals surface area contributed by atoms with Gasteiger partial charge in [0.05, 0.1) is 25.3 Å². The van der Waals surface area contributed by atoms with Gasteiger partial charge in [0, 0.05) is 33.3 Å². The molecule has 3 rings (SSSR count). The molecule has 2 heterocycles. The molecule has 3 amide bonds. The van der Waals surface area contributed by atoms with Crippen molar-refractivity contribution in [3.63, 3.8) is 0 Å². The Labute approximate surface area is 165 Å². The molecule has 1 aliphatic rings. The first-order valence-electron chi connectivity index (χ1n) is 9.52. The highest BCUT2D eigenvalue weighted by molar-refractivity contribution is 5.89. The average Bonchev–Trinajstić information content (AvgIpc) is 3.16. The number of para-hydroxylation sites is 1. The first-order chi connectivity index (χ1) is 13.5. The Kier molecular flexibility index (Phi) is 6.52. The lowest BCUT2D eigenvalue weighted by molar-refractivity contribution is -0.116. The van der Waals surface area contributed by atoms with Crippen LogP contribution in [0.15, 0.2) is 42.6 Å². The van der Waals surface area contributed by atoms with Gasteiger partial charge in [-0.15, -0.1) is 0 Å². The van der Waals surface area contributed by atoms with E-state index < -0.39 is 0 Å². The summed E-state index contributed by atoms with van der Waals surface area (Å²) in [4.78, 5) is 27.8. The summed E-state index contributed by atoms with van der Waals surface area (Å²) in [5.41, 5.74) is 0. The minimum Gasteiger partial charge on any atom is -0.493 e. The van der Waals surface area contributed by atoms with Crippen LogP contribution in [0.1, 0.15) is 25.3 Å². The number of ether oxygens (including phenoxy) is 1. The van der Waals surface area contributed by atoms with Crippen molar-refractivity contribution in [1.29, 1.82) is 0 Å². The maximum absolute atomic E-state index is 12.3. The first-order valence-corrected chi connectivity index (χ1v) is 9.52. The fraction of sp³-hybridized carbons (Fsp3) is 0.450. The van der Waals surface area contributed by atoms with Gasteiger partial charge >= 0.3 is 6.03 Å². The molecule has 0 radical (unpaired) electrons. The van der Waals surface area contributed by atoms with Crippen molar-refractivity contribution < 1.29 is 14.3 Å². The highest BCUT2D eigenvalue weighted by Crippen LogP contribution is 2.25. The van der Waals surface area contributed by atoms with E-state index in [1.54, 1.807) is 31.3 Å². The summed E-state index contributed by atoms with van der Waals surface area (Å²) in [6, 6.07) is 11.4. The highest BCUT2D eigenvalue weighted by atomic mass is 16.5. The molecule has 0 unspecified atom stereocenters. The molecule has 0 bridgehead atoms. The number of carbonyl (C=O) groups excluding carboxylic acids is 2. The summed E-state index contributed by atoms with van der Waals surface area (Å²) in [7, 11) is 3.52. The van der Waals surface area contributed by atoms with E-state index in [9.17, 15) is 9.59 Å². The zero-order valence-electron chi connectivity index (χ0n) is 16.4. The van der Waals surface area contributed by atoms with Gasteiger partial charge in [-0.2, -0.15) is 5.10 Å². The molecule has 0 atom stereocenters. The first kappa shape index (κ1) is 19.7. The predicted octanol–water partition coefficient (Wildman–Crippen LogP) is 2.61. The summed E-state index contributed by atoms with van der Waals surface area (Å²) in [6.07, 6.45) is 3.56. The Morgan fingerprint density at radius 3 is 2.57 bits per heavy atom. The number of hydrogen-bond donors (Lipinski definition) is 1. The van der Waals surface area contributed by atoms with Crippen molar-refractivity contribution in [2.24, 2.45) is 0 Å². The molecule has 1 fully saturated rings. The van der Waals surface area contributed by atoms with E-state index >= 15 is 0 Å². The lowest BCUT2D eigenvalue weighted by atomic mass is 10.1. The third-order valence-electron chi connectivity index (χ3n) is 4.74. The average molecular weight is 385 g/mol. The SMILES string of the molecule is CN(C)C(=O)N1CCC(n2nccc2NC(=O)CCOc2ccccc2)CC1. The number of urea groups is 1. The van der Waals surface area contributed by atoms with E-state index in [1.165, 1.54) is 0 Å². The number of hydrogen-bond acceptors (Lipinski definition) is 4. The molecule has 0 saturated carbocycles. The lowest BCUT2D eigenvalue weighted by Gasteiger charge is -2.34. The van der Waals surface area contributed by atoms with Crippen LogP contribution in [0.25, 0.3) is 0 Å². The maximum atomic E-state index is 12.3. The van der Waals surface area contributed by atoms with Gasteiger partial charge in [0.15, 0.2) is 0 Å². The van der Waals surface area contributed by atoms with E-state index in [4.69, 9.17) is 4.74 Å². The van der Waals surface area contributed by atoms with Crippen LogP contribution in [0.3, 0.4) is 0 Å². The zero-order chi connectivity index (χ0) is 19.9. The van der Waals surface area contributed by atoms with Gasteiger partial charge in [-0.05, 0) is 25.0 Å². The number of likely N-dealkylation sites (tertiary alicyclic amines) is 1. The Balaban J connectivity index is 1.48. The molecule has 1 aromatic heterocycles. The fourth-order valence-electron chi connectivity index (χ4n) is 3.27. The summed E-state index contributed by atoms with van der Waals surface area (Å²) < 4.78 is 7.43. The van der Waals surface area contributed by atoms with Crippen molar-refractivity contribution in [1.82, 2.24) is 19.6 Å². The second kappa shape index (κ2) is 9.25. The largest absolute Gasteiger partial charge is 0.493 e. The topological polar surface area (TPSA) is 79.7 Å². The third kappa shape index (κ3) is 5.03. The van der Waals surface area contributed by atoms with Gasteiger partial charge in [-0.3, -0.25) is 4.79 Å². The van der Waals surface area contributed by atoms with Crippen LogP contribution in [0.2, 0.25) is 0 Å². The molecular weight excluding hydrogens is 358 g/mol. The summed E-state index contributed by atoms with van der Waals surface area (Å²) >= 11 is 0. The molecule has 2 aromatic rings. The van der Waals surface area contributed by atoms with Crippen LogP contribution in [0.5, 0.6) is 5.75 Å². The molecule has 0 aliphatic carbocycles. The molecule has 1 aromatic carbocycles. The standard InChI is InChI=1S/C20H27N5O3/c1-23(2)20(27)24-13-9-16(10-14-24)25-18(8-12-21-25)22-19(26)11-15-28-17-6-4-3-5-7-17/h3-8,12,16H,9-11,13-15H2,1-2H3,(H,22,26). The molecule has 0 spiro atoms. The van der Waals surface area contributed by atoms with E-state index in [-0.39, 0.29) is 24.4 Å². The Bertz CT molecular complexity index is 782. The Hall–Kier alpha value is -3.03. The highest BCUT2D eigenvalue weighted by Gasteiger charge is 2.26. The molecule has 8 heteroatoms. The molecule has 1 saturated heterocycles. The number of benzene rings is 1. The zero-order valence-corrected chi connectivity index (χ0v) is 16.4. The van der Waals surface area contributed by atoms with Crippen LogP contribution in [0.4, 0.5) is 10.6 Å². The second-order valence-corrected chi connectivity index (χ2v) is 7.02. The van der Waals surface area contributed by atoms with Gasteiger partial charge in [0.25, 0.3) is 0 Å². The molecule has 1 aliphatic heterocycles. The molecule has 1 N–H and O–H groups in total. The monoisotopic (exact) mass is 385 g/mol. The Morgan fingerprint density at radius 1 is 1.18 bits per heavy atom. The van der Waals surface area contributed by atoms with Gasteiger partial charge < -0.3 is 19.9 Å². The third-order valence-corrected chi connectivity index (χ3v) is 4.74. The number of rotatable bonds is 6. The maximum Gasteiger partial charge on any atom is 0.319 e. The molecule has 150 valence electrons. The second-order valence-electron chi connectivity index (χ2n) is 7.02. The smallest absolute Gasteiger partial charge is 0.319 e. The lowest BCUT2D eigenvalue weighted by Crippen LogP contribution is -2.44. The predicted molar refractivity (Wildman–Crippen MR) is 106 cm³/mol. The summed E-state index contributed by atoms with van der Waals surface area (Å²) in [6.45, 7) is 1.68. The number of carbonyl (C=O) groups is 2. The van der Waals surface area contributed by atoms with Crippen LogP contribution >= 0.6 is 0 Å². The molecular formula is C20H27N5O3. The van der Waals surface area contributed by atoms with Gasteiger partial charge in [0.1, 0.15) is 11.6 Å². The van der Waals surface area contributed by atoms with Crippen LogP contribution < -0.4 is 10.1 Å². The summed E-state index contributed by atoms with van der Waals surface area (Å²) in [5, 5.41) is 7.30. The van der Waals surface area contributed by atoms with E-state index in [0.29, 0.717) is 25.5 Å². The minimum atomic E-state index is -0.113. The van der Waals surface area contributed by atoms with Gasteiger partial charge in [-0.25, -0.2) is 9.48 Å². The fourth-order valence-corrected chi connectivity index (χ4v) is 3.27. The number of aromatic nitrogens is 2. The van der Waals surface area contributed by atoms with E-state index in [1.807, 2.05) is 39.9 Å². The van der Waals surface area contributed by atoms with Crippen LogP contribution in [-0.4, -0.2) is 65.3 Å². The van der Waals surface area contributed by atoms with Crippen LogP contribution in [-0.2, 0) is 4.79 Å². The van der Waals surface area contributed by atoms with E-state index in [0.717, 1.165) is 18.6 Å². The van der Waals surface area contributed by atoms with Gasteiger partial charge in [-0.1, -0.05) is 18.2 Å². The van der Waals surface area contributed by atoms with Crippen molar-refractivity contribution in [3.8, 4) is 5.75 Å². The Morgan fingerprint density at radius 2 is 1.89 bits per heavy atom. The van der Waals surface area contributed by atoms with Crippen molar-refractivity contribution in [2.45, 2.75) is 25.3 Å². The van der Waals surface area contributed by atoms with E-state index in [2.05, 4.69) is 10.4 Å². The quantitative estimate of drug-likeness (QED) is 0.829. The van der Waals surface area contributed by atoms with Crippen molar-refractivity contribution in [3.05, 3.63) is 42.6 Å². The number of anilines is 1. The number of nitrogens with one attached hydrogen (secondary N) is 1. The van der Waals surface area contributed by atoms with Gasteiger partial charge in [0.2, 0.25) is 5.91 Å². The number of amides is 3. The normalized spacial score (nSPS) is 14.6. The summed E-state index contributed by atoms with van der Waals surface area (Å²) in [5.74, 6) is 1.32. The minimum absolute atomic E-state index is 0.0332. The number of piperidine rings is 1. The van der Waals surface area contributed by atoms with Crippen molar-refractivity contribution in [2.75, 3.05) is 39.1 Å². The number of nitrogens with zero attached hydrogens (tertiary/aromatic N) is 4. The van der Waals surface area contributed by atoms with Crippen LogP contribution in [0, 0.1) is 0 Å². The van der Waals surface area contributed by atoms with Crippen molar-refractivity contribution >= 4 is 17.8 Å². The molecule has 28 heavy (non-hydrogen) atoms. The molecule has 8 nitrogen and oxygen atoms in total.